The van der Waals surface area contributed by atoms with Crippen LogP contribution in [0.3, 0.4) is 0 Å². The SMILES string of the molecule is CCCCNC(=O)C(Cc1ccccc1)N(Cc1ccccc1F)C(=O)CCCN(c1cc(C)ccc1C)S(C)(=O)=O. The first kappa shape index (κ1) is 32.8. The van der Waals surface area contributed by atoms with Crippen molar-refractivity contribution < 1.29 is 22.4 Å². The zero-order valence-electron chi connectivity index (χ0n) is 25.0. The van der Waals surface area contributed by atoms with Gasteiger partial charge in [-0.2, -0.15) is 0 Å². The van der Waals surface area contributed by atoms with Crippen LogP contribution in [-0.4, -0.2) is 50.5 Å². The lowest BCUT2D eigenvalue weighted by Gasteiger charge is -2.32. The summed E-state index contributed by atoms with van der Waals surface area (Å²) in [5, 5.41) is 2.95. The number of nitrogens with zero attached hydrogens (tertiary/aromatic N) is 2. The lowest BCUT2D eigenvalue weighted by molar-refractivity contribution is -0.141. The molecule has 3 rings (SSSR count). The smallest absolute Gasteiger partial charge is 0.243 e. The van der Waals surface area contributed by atoms with Gasteiger partial charge in [0.1, 0.15) is 11.9 Å². The molecule has 1 atom stereocenters. The Hall–Kier alpha value is -3.72. The maximum atomic E-state index is 14.8. The van der Waals surface area contributed by atoms with Crippen LogP contribution >= 0.6 is 0 Å². The molecule has 0 aliphatic rings. The molecule has 0 bridgehead atoms. The average Bonchev–Trinajstić information content (AvgIpc) is 2.95. The van der Waals surface area contributed by atoms with Gasteiger partial charge >= 0.3 is 0 Å². The van der Waals surface area contributed by atoms with Crippen LogP contribution in [0.25, 0.3) is 0 Å². The van der Waals surface area contributed by atoms with Gasteiger partial charge < -0.3 is 10.2 Å². The van der Waals surface area contributed by atoms with Crippen molar-refractivity contribution in [3.8, 4) is 0 Å². The maximum Gasteiger partial charge on any atom is 0.243 e. The average molecular weight is 596 g/mol. The first-order chi connectivity index (χ1) is 20.0. The number of amides is 2. The fourth-order valence-electron chi connectivity index (χ4n) is 4.84. The fraction of sp³-hybridized carbons (Fsp3) is 0.394. The van der Waals surface area contributed by atoms with Crippen molar-refractivity contribution >= 4 is 27.5 Å². The molecule has 3 aromatic rings. The number of rotatable bonds is 15. The summed E-state index contributed by atoms with van der Waals surface area (Å²) in [7, 11) is -3.62. The van der Waals surface area contributed by atoms with Gasteiger partial charge in [0.15, 0.2) is 0 Å². The van der Waals surface area contributed by atoms with Crippen LogP contribution < -0.4 is 9.62 Å². The minimum Gasteiger partial charge on any atom is -0.354 e. The molecule has 0 spiro atoms. The minimum absolute atomic E-state index is 0.0150. The number of hydrogen-bond donors (Lipinski definition) is 1. The Morgan fingerprint density at radius 2 is 1.64 bits per heavy atom. The van der Waals surface area contributed by atoms with Crippen molar-refractivity contribution in [1.29, 1.82) is 0 Å². The third-order valence-corrected chi connectivity index (χ3v) is 8.36. The van der Waals surface area contributed by atoms with Crippen LogP contribution in [0.4, 0.5) is 10.1 Å². The van der Waals surface area contributed by atoms with E-state index in [0.717, 1.165) is 35.8 Å². The molecule has 0 heterocycles. The molecule has 1 N–H and O–H groups in total. The minimum atomic E-state index is -3.62. The molecular formula is C33H42FN3O4S. The van der Waals surface area contributed by atoms with Gasteiger partial charge in [-0.25, -0.2) is 12.8 Å². The molecule has 0 saturated carbocycles. The van der Waals surface area contributed by atoms with Gasteiger partial charge in [0.05, 0.1) is 11.9 Å². The fourth-order valence-corrected chi connectivity index (χ4v) is 5.86. The summed E-state index contributed by atoms with van der Waals surface area (Å²) in [6.45, 7) is 6.25. The van der Waals surface area contributed by atoms with E-state index in [1.807, 2.05) is 69.3 Å². The quantitative estimate of drug-likeness (QED) is 0.234. The summed E-state index contributed by atoms with van der Waals surface area (Å²) < 4.78 is 41.6. The number of anilines is 1. The largest absolute Gasteiger partial charge is 0.354 e. The van der Waals surface area contributed by atoms with Crippen LogP contribution in [-0.2, 0) is 32.6 Å². The van der Waals surface area contributed by atoms with E-state index in [1.54, 1.807) is 18.2 Å². The Kier molecular flexibility index (Phi) is 12.1. The van der Waals surface area contributed by atoms with E-state index in [9.17, 15) is 22.4 Å². The van der Waals surface area contributed by atoms with Gasteiger partial charge in [-0.3, -0.25) is 13.9 Å². The highest BCUT2D eigenvalue weighted by Gasteiger charge is 2.31. The summed E-state index contributed by atoms with van der Waals surface area (Å²) in [5.41, 5.74) is 3.49. The number of carbonyl (C=O) groups is 2. The predicted molar refractivity (Wildman–Crippen MR) is 166 cm³/mol. The van der Waals surface area contributed by atoms with Crippen molar-refractivity contribution in [2.24, 2.45) is 0 Å². The van der Waals surface area contributed by atoms with Crippen molar-refractivity contribution in [3.63, 3.8) is 0 Å². The second kappa shape index (κ2) is 15.5. The van der Waals surface area contributed by atoms with Crippen LogP contribution in [0, 0.1) is 19.7 Å². The molecular weight excluding hydrogens is 553 g/mol. The zero-order valence-corrected chi connectivity index (χ0v) is 25.8. The monoisotopic (exact) mass is 595 g/mol. The summed E-state index contributed by atoms with van der Waals surface area (Å²) in [6.07, 6.45) is 3.32. The van der Waals surface area contributed by atoms with Gasteiger partial charge in [-0.15, -0.1) is 0 Å². The Morgan fingerprint density at radius 3 is 2.31 bits per heavy atom. The number of halogens is 1. The molecule has 3 aromatic carbocycles. The number of carbonyl (C=O) groups excluding carboxylic acids is 2. The summed E-state index contributed by atoms with van der Waals surface area (Å²) >= 11 is 0. The van der Waals surface area contributed by atoms with E-state index in [1.165, 1.54) is 15.3 Å². The molecule has 9 heteroatoms. The van der Waals surface area contributed by atoms with Crippen LogP contribution in [0.15, 0.2) is 72.8 Å². The predicted octanol–water partition coefficient (Wildman–Crippen LogP) is 5.55. The highest BCUT2D eigenvalue weighted by molar-refractivity contribution is 7.92. The second-order valence-electron chi connectivity index (χ2n) is 10.7. The van der Waals surface area contributed by atoms with E-state index >= 15 is 0 Å². The van der Waals surface area contributed by atoms with E-state index in [2.05, 4.69) is 5.32 Å². The van der Waals surface area contributed by atoms with Gasteiger partial charge in [-0.05, 0) is 55.5 Å². The third kappa shape index (κ3) is 9.41. The van der Waals surface area contributed by atoms with Gasteiger partial charge in [0.2, 0.25) is 21.8 Å². The van der Waals surface area contributed by atoms with Crippen molar-refractivity contribution in [3.05, 3.63) is 101 Å². The van der Waals surface area contributed by atoms with Crippen molar-refractivity contribution in [2.45, 2.75) is 65.5 Å². The van der Waals surface area contributed by atoms with E-state index in [4.69, 9.17) is 0 Å². The molecule has 0 saturated heterocycles. The molecule has 0 aliphatic heterocycles. The number of nitrogens with one attached hydrogen (secondary N) is 1. The van der Waals surface area contributed by atoms with E-state index < -0.39 is 21.9 Å². The Bertz CT molecular complexity index is 1450. The van der Waals surface area contributed by atoms with Crippen molar-refractivity contribution in [1.82, 2.24) is 10.2 Å². The molecule has 0 aliphatic carbocycles. The van der Waals surface area contributed by atoms with Gasteiger partial charge in [-0.1, -0.05) is 74.0 Å². The molecule has 0 aromatic heterocycles. The Labute approximate surface area is 249 Å². The number of unbranched alkanes of at least 4 members (excludes halogenated alkanes) is 1. The normalized spacial score (nSPS) is 12.0. The van der Waals surface area contributed by atoms with Crippen LogP contribution in [0.2, 0.25) is 0 Å². The molecule has 0 radical (unpaired) electrons. The van der Waals surface area contributed by atoms with Crippen LogP contribution in [0.1, 0.15) is 54.9 Å². The molecule has 226 valence electrons. The maximum absolute atomic E-state index is 14.8. The lowest BCUT2D eigenvalue weighted by atomic mass is 10.0. The number of benzene rings is 3. The van der Waals surface area contributed by atoms with Gasteiger partial charge in [0.25, 0.3) is 0 Å². The van der Waals surface area contributed by atoms with E-state index in [0.29, 0.717) is 17.8 Å². The zero-order chi connectivity index (χ0) is 30.7. The molecule has 1 unspecified atom stereocenters. The molecule has 7 nitrogen and oxygen atoms in total. The molecule has 42 heavy (non-hydrogen) atoms. The summed E-state index contributed by atoms with van der Waals surface area (Å²) in [6, 6.07) is 20.4. The van der Waals surface area contributed by atoms with Crippen molar-refractivity contribution in [2.75, 3.05) is 23.7 Å². The second-order valence-corrected chi connectivity index (χ2v) is 12.6. The standard InChI is InChI=1S/C33H42FN3O4S/c1-5-6-20-35-33(39)31(23-27-13-8-7-9-14-27)36(24-28-15-10-11-16-29(28)34)32(38)17-12-21-37(42(4,40)41)30-22-25(2)18-19-26(30)3/h7-11,13-16,18-19,22,31H,5-6,12,17,20-21,23-24H2,1-4H3,(H,35,39). The molecule has 0 fully saturated rings. The van der Waals surface area contributed by atoms with Crippen LogP contribution in [0.5, 0.6) is 0 Å². The number of hydrogen-bond acceptors (Lipinski definition) is 4. The Balaban J connectivity index is 1.90. The first-order valence-electron chi connectivity index (χ1n) is 14.4. The number of aryl methyl sites for hydroxylation is 2. The summed E-state index contributed by atoms with van der Waals surface area (Å²) in [4.78, 5) is 28.8. The van der Waals surface area contributed by atoms with E-state index in [-0.39, 0.29) is 44.2 Å². The highest BCUT2D eigenvalue weighted by Crippen LogP contribution is 2.25. The van der Waals surface area contributed by atoms with Gasteiger partial charge in [0, 0.05) is 38.0 Å². The topological polar surface area (TPSA) is 86.8 Å². The Morgan fingerprint density at radius 1 is 0.952 bits per heavy atom. The first-order valence-corrected chi connectivity index (χ1v) is 16.3. The lowest BCUT2D eigenvalue weighted by Crippen LogP contribution is -2.50. The number of sulfonamides is 1. The summed E-state index contributed by atoms with van der Waals surface area (Å²) in [5.74, 6) is -1.11. The third-order valence-electron chi connectivity index (χ3n) is 7.18. The molecule has 2 amide bonds. The highest BCUT2D eigenvalue weighted by atomic mass is 32.2.